The zero-order chi connectivity index (χ0) is 14.5. The minimum absolute atomic E-state index is 0.182. The molecule has 1 unspecified atom stereocenters. The van der Waals surface area contributed by atoms with E-state index in [0.717, 1.165) is 11.4 Å². The summed E-state index contributed by atoms with van der Waals surface area (Å²) < 4.78 is 4.73. The molecular formula is C13H18N4O3. The van der Waals surface area contributed by atoms with Crippen LogP contribution in [0, 0.1) is 0 Å². The van der Waals surface area contributed by atoms with Crippen molar-refractivity contribution in [3.05, 3.63) is 40.7 Å². The highest BCUT2D eigenvalue weighted by atomic mass is 16.4. The highest BCUT2D eigenvalue weighted by molar-refractivity contribution is 5.54. The summed E-state index contributed by atoms with van der Waals surface area (Å²) in [7, 11) is 3.95. The number of anilines is 2. The quantitative estimate of drug-likeness (QED) is 0.710. The molecule has 0 saturated carbocycles. The van der Waals surface area contributed by atoms with Crippen molar-refractivity contribution in [3.8, 4) is 0 Å². The normalized spacial score (nSPS) is 12.2. The van der Waals surface area contributed by atoms with E-state index in [2.05, 4.69) is 15.5 Å². The van der Waals surface area contributed by atoms with Crippen LogP contribution in [0.3, 0.4) is 0 Å². The molecule has 0 aliphatic rings. The monoisotopic (exact) mass is 278 g/mol. The van der Waals surface area contributed by atoms with Crippen molar-refractivity contribution < 1.29 is 9.52 Å². The van der Waals surface area contributed by atoms with Gasteiger partial charge in [-0.2, -0.15) is 0 Å². The predicted octanol–water partition coefficient (Wildman–Crippen LogP) is 0.444. The van der Waals surface area contributed by atoms with Crippen LogP contribution >= 0.6 is 0 Å². The van der Waals surface area contributed by atoms with Crippen molar-refractivity contribution in [2.45, 2.75) is 12.5 Å². The van der Waals surface area contributed by atoms with Crippen molar-refractivity contribution in [1.82, 2.24) is 10.2 Å². The van der Waals surface area contributed by atoms with Crippen LogP contribution in [0.2, 0.25) is 0 Å². The number of benzene rings is 1. The van der Waals surface area contributed by atoms with Crippen molar-refractivity contribution in [2.24, 2.45) is 0 Å². The van der Waals surface area contributed by atoms with Gasteiger partial charge >= 0.3 is 5.76 Å². The van der Waals surface area contributed by atoms with Crippen LogP contribution in [-0.4, -0.2) is 42.0 Å². The molecule has 1 aromatic heterocycles. The third-order valence-corrected chi connectivity index (χ3v) is 2.82. The number of nitrogens with zero attached hydrogens (tertiary/aromatic N) is 2. The second-order valence-electron chi connectivity index (χ2n) is 4.69. The molecule has 0 bridgehead atoms. The molecule has 1 atom stereocenters. The Morgan fingerprint density at radius 3 is 2.65 bits per heavy atom. The molecule has 1 aromatic carbocycles. The smallest absolute Gasteiger partial charge is 0.392 e. The maximum atomic E-state index is 10.8. The SMILES string of the molecule is CN(C)c1ccc(NCC(O)Cc2n[nH]c(=O)o2)cc1. The lowest BCUT2D eigenvalue weighted by atomic mass is 10.2. The van der Waals surface area contributed by atoms with E-state index in [-0.39, 0.29) is 12.3 Å². The van der Waals surface area contributed by atoms with Gasteiger partial charge in [-0.25, -0.2) is 9.89 Å². The summed E-state index contributed by atoms with van der Waals surface area (Å²) >= 11 is 0. The lowest BCUT2D eigenvalue weighted by Crippen LogP contribution is -2.22. The molecule has 20 heavy (non-hydrogen) atoms. The van der Waals surface area contributed by atoms with Crippen molar-refractivity contribution in [2.75, 3.05) is 30.9 Å². The zero-order valence-corrected chi connectivity index (χ0v) is 11.5. The second kappa shape index (κ2) is 6.25. The van der Waals surface area contributed by atoms with Gasteiger partial charge < -0.3 is 19.7 Å². The van der Waals surface area contributed by atoms with Gasteiger partial charge in [0.2, 0.25) is 5.89 Å². The van der Waals surface area contributed by atoms with E-state index in [0.29, 0.717) is 6.54 Å². The largest absolute Gasteiger partial charge is 0.434 e. The van der Waals surface area contributed by atoms with Gasteiger partial charge in [0.1, 0.15) is 0 Å². The van der Waals surface area contributed by atoms with Crippen LogP contribution in [0.4, 0.5) is 11.4 Å². The highest BCUT2D eigenvalue weighted by Gasteiger charge is 2.10. The fourth-order valence-electron chi connectivity index (χ4n) is 1.73. The fraction of sp³-hybridized carbons (Fsp3) is 0.385. The van der Waals surface area contributed by atoms with E-state index in [1.807, 2.05) is 43.3 Å². The summed E-state index contributed by atoms with van der Waals surface area (Å²) in [4.78, 5) is 12.8. The minimum atomic E-state index is -0.685. The molecule has 2 aromatic rings. The number of rotatable bonds is 6. The Bertz CT molecular complexity index is 588. The number of H-pyrrole nitrogens is 1. The van der Waals surface area contributed by atoms with Crippen LogP contribution in [0.5, 0.6) is 0 Å². The van der Waals surface area contributed by atoms with Gasteiger partial charge in [-0.3, -0.25) is 0 Å². The Labute approximate surface area is 116 Å². The van der Waals surface area contributed by atoms with Crippen LogP contribution in [-0.2, 0) is 6.42 Å². The molecular weight excluding hydrogens is 260 g/mol. The Morgan fingerprint density at radius 2 is 2.10 bits per heavy atom. The average Bonchev–Trinajstić information content (AvgIpc) is 2.82. The third kappa shape index (κ3) is 3.86. The first kappa shape index (κ1) is 14.1. The van der Waals surface area contributed by atoms with Crippen LogP contribution in [0.1, 0.15) is 5.89 Å². The molecule has 2 rings (SSSR count). The first-order chi connectivity index (χ1) is 9.54. The number of aromatic amines is 1. The third-order valence-electron chi connectivity index (χ3n) is 2.82. The molecule has 108 valence electrons. The van der Waals surface area contributed by atoms with Gasteiger partial charge in [-0.1, -0.05) is 0 Å². The molecule has 3 N–H and O–H groups in total. The van der Waals surface area contributed by atoms with Crippen LogP contribution < -0.4 is 16.0 Å². The van der Waals surface area contributed by atoms with Gasteiger partial charge in [0, 0.05) is 32.0 Å². The summed E-state index contributed by atoms with van der Waals surface area (Å²) in [5.74, 6) is -0.410. The standard InChI is InChI=1S/C13H18N4O3/c1-17(2)10-5-3-9(4-6-10)14-8-11(18)7-12-15-16-13(19)20-12/h3-6,11,14,18H,7-8H2,1-2H3,(H,16,19). The molecule has 0 fully saturated rings. The van der Waals surface area contributed by atoms with Gasteiger partial charge in [0.15, 0.2) is 0 Å². The topological polar surface area (TPSA) is 94.4 Å². The summed E-state index contributed by atoms with van der Waals surface area (Å²) in [6.45, 7) is 0.345. The number of nitrogens with one attached hydrogen (secondary N) is 2. The molecule has 0 aliphatic heterocycles. The first-order valence-electron chi connectivity index (χ1n) is 6.28. The molecule has 7 heteroatoms. The van der Waals surface area contributed by atoms with Crippen LogP contribution in [0.25, 0.3) is 0 Å². The first-order valence-corrected chi connectivity index (χ1v) is 6.28. The van der Waals surface area contributed by atoms with E-state index >= 15 is 0 Å². The van der Waals surface area contributed by atoms with E-state index in [1.54, 1.807) is 0 Å². The number of aliphatic hydroxyl groups excluding tert-OH is 1. The Balaban J connectivity index is 1.83. The maximum absolute atomic E-state index is 10.8. The van der Waals surface area contributed by atoms with Crippen molar-refractivity contribution in [3.63, 3.8) is 0 Å². The number of aliphatic hydroxyl groups is 1. The summed E-state index contributed by atoms with van der Waals surface area (Å²) in [5.41, 5.74) is 2.02. The molecule has 0 spiro atoms. The maximum Gasteiger partial charge on any atom is 0.434 e. The number of hydrogen-bond donors (Lipinski definition) is 3. The molecule has 1 heterocycles. The lowest BCUT2D eigenvalue weighted by Gasteiger charge is -2.14. The van der Waals surface area contributed by atoms with Crippen molar-refractivity contribution in [1.29, 1.82) is 0 Å². The summed E-state index contributed by atoms with van der Waals surface area (Å²) in [6.07, 6.45) is -0.503. The average molecular weight is 278 g/mol. The minimum Gasteiger partial charge on any atom is -0.392 e. The van der Waals surface area contributed by atoms with Gasteiger partial charge in [0.25, 0.3) is 0 Å². The van der Waals surface area contributed by atoms with Crippen LogP contribution in [0.15, 0.2) is 33.5 Å². The van der Waals surface area contributed by atoms with Gasteiger partial charge in [-0.15, -0.1) is 5.10 Å². The molecule has 0 saturated heterocycles. The molecule has 0 radical (unpaired) electrons. The lowest BCUT2D eigenvalue weighted by molar-refractivity contribution is 0.177. The fourth-order valence-corrected chi connectivity index (χ4v) is 1.73. The zero-order valence-electron chi connectivity index (χ0n) is 11.5. The van der Waals surface area contributed by atoms with Gasteiger partial charge in [0.05, 0.1) is 12.5 Å². The summed E-state index contributed by atoms with van der Waals surface area (Å²) in [6, 6.07) is 7.86. The van der Waals surface area contributed by atoms with Gasteiger partial charge in [-0.05, 0) is 24.3 Å². The Hall–Kier alpha value is -2.28. The second-order valence-corrected chi connectivity index (χ2v) is 4.69. The molecule has 7 nitrogen and oxygen atoms in total. The summed E-state index contributed by atoms with van der Waals surface area (Å²) in [5, 5.41) is 18.7. The van der Waals surface area contributed by atoms with E-state index in [1.165, 1.54) is 0 Å². The number of hydrogen-bond acceptors (Lipinski definition) is 6. The molecule has 0 aliphatic carbocycles. The van der Waals surface area contributed by atoms with E-state index in [9.17, 15) is 9.90 Å². The van der Waals surface area contributed by atoms with Crippen molar-refractivity contribution >= 4 is 11.4 Å². The molecule has 0 amide bonds. The Morgan fingerprint density at radius 1 is 1.40 bits per heavy atom. The number of aromatic nitrogens is 2. The Kier molecular flexibility index (Phi) is 4.41. The highest BCUT2D eigenvalue weighted by Crippen LogP contribution is 2.15. The van der Waals surface area contributed by atoms with E-state index < -0.39 is 11.9 Å². The van der Waals surface area contributed by atoms with E-state index in [4.69, 9.17) is 4.42 Å². The predicted molar refractivity (Wildman–Crippen MR) is 76.1 cm³/mol.